The van der Waals surface area contributed by atoms with Crippen molar-refractivity contribution in [1.82, 2.24) is 10.1 Å². The van der Waals surface area contributed by atoms with Crippen molar-refractivity contribution in [3.8, 4) is 0 Å². The fourth-order valence-corrected chi connectivity index (χ4v) is 1.97. The Morgan fingerprint density at radius 1 is 1.36 bits per heavy atom. The van der Waals surface area contributed by atoms with E-state index in [1.54, 1.807) is 0 Å². The number of hydrogen-bond acceptors (Lipinski definition) is 4. The van der Waals surface area contributed by atoms with E-state index < -0.39 is 0 Å². The molecule has 4 heteroatoms. The lowest BCUT2D eigenvalue weighted by Gasteiger charge is -1.99. The van der Waals surface area contributed by atoms with Crippen LogP contribution in [-0.2, 0) is 6.42 Å². The summed E-state index contributed by atoms with van der Waals surface area (Å²) in [5.41, 5.74) is 5.42. The molecular weight excluding hydrogens is 178 g/mol. The SMILES string of the molecule is NCCCc1nc(C2CCCC2)no1. The third-order valence-corrected chi connectivity index (χ3v) is 2.80. The highest BCUT2D eigenvalue weighted by molar-refractivity contribution is 4.97. The number of nitrogens with zero attached hydrogens (tertiary/aromatic N) is 2. The van der Waals surface area contributed by atoms with Gasteiger partial charge in [0.1, 0.15) is 0 Å². The molecule has 2 rings (SSSR count). The monoisotopic (exact) mass is 195 g/mol. The zero-order valence-corrected chi connectivity index (χ0v) is 8.41. The average molecular weight is 195 g/mol. The topological polar surface area (TPSA) is 64.9 Å². The summed E-state index contributed by atoms with van der Waals surface area (Å²) in [7, 11) is 0. The van der Waals surface area contributed by atoms with Gasteiger partial charge in [-0.25, -0.2) is 0 Å². The quantitative estimate of drug-likeness (QED) is 0.792. The molecule has 14 heavy (non-hydrogen) atoms. The minimum absolute atomic E-state index is 0.547. The first kappa shape index (κ1) is 9.65. The van der Waals surface area contributed by atoms with E-state index in [0.29, 0.717) is 12.5 Å². The van der Waals surface area contributed by atoms with Crippen molar-refractivity contribution in [2.75, 3.05) is 6.54 Å². The van der Waals surface area contributed by atoms with Gasteiger partial charge in [-0.2, -0.15) is 4.98 Å². The third-order valence-electron chi connectivity index (χ3n) is 2.80. The van der Waals surface area contributed by atoms with Crippen LogP contribution in [0.4, 0.5) is 0 Å². The van der Waals surface area contributed by atoms with Gasteiger partial charge >= 0.3 is 0 Å². The molecule has 0 amide bonds. The molecule has 2 N–H and O–H groups in total. The van der Waals surface area contributed by atoms with E-state index in [4.69, 9.17) is 10.3 Å². The van der Waals surface area contributed by atoms with Gasteiger partial charge in [0.05, 0.1) is 0 Å². The molecular formula is C10H17N3O. The van der Waals surface area contributed by atoms with Crippen LogP contribution in [0.25, 0.3) is 0 Å². The van der Waals surface area contributed by atoms with Gasteiger partial charge in [-0.05, 0) is 25.8 Å². The molecule has 4 nitrogen and oxygen atoms in total. The highest BCUT2D eigenvalue weighted by atomic mass is 16.5. The Kier molecular flexibility index (Phi) is 3.14. The molecule has 1 fully saturated rings. The lowest BCUT2D eigenvalue weighted by molar-refractivity contribution is 0.367. The first-order valence-corrected chi connectivity index (χ1v) is 5.42. The summed E-state index contributed by atoms with van der Waals surface area (Å²) in [5, 5.41) is 4.02. The van der Waals surface area contributed by atoms with Crippen LogP contribution in [0.2, 0.25) is 0 Å². The Hall–Kier alpha value is -0.900. The maximum Gasteiger partial charge on any atom is 0.226 e. The molecule has 1 heterocycles. The van der Waals surface area contributed by atoms with E-state index in [0.717, 1.165) is 24.6 Å². The maximum absolute atomic E-state index is 5.42. The number of aromatic nitrogens is 2. The minimum Gasteiger partial charge on any atom is -0.339 e. The second-order valence-electron chi connectivity index (χ2n) is 3.92. The summed E-state index contributed by atoms with van der Waals surface area (Å²) in [6.45, 7) is 0.682. The molecule has 0 aromatic carbocycles. The summed E-state index contributed by atoms with van der Waals surface area (Å²) in [6, 6.07) is 0. The Balaban J connectivity index is 1.94. The Labute approximate surface area is 83.9 Å². The minimum atomic E-state index is 0.547. The largest absolute Gasteiger partial charge is 0.339 e. The van der Waals surface area contributed by atoms with Crippen LogP contribution in [0.1, 0.15) is 49.7 Å². The Bertz CT molecular complexity index is 279. The second kappa shape index (κ2) is 4.55. The molecule has 0 spiro atoms. The lowest BCUT2D eigenvalue weighted by Crippen LogP contribution is -2.01. The van der Waals surface area contributed by atoms with Gasteiger partial charge in [0.2, 0.25) is 5.89 Å². The first-order chi connectivity index (χ1) is 6.90. The molecule has 1 aromatic heterocycles. The molecule has 78 valence electrons. The van der Waals surface area contributed by atoms with Crippen LogP contribution in [0.3, 0.4) is 0 Å². The predicted molar refractivity (Wildman–Crippen MR) is 52.9 cm³/mol. The van der Waals surface area contributed by atoms with Crippen LogP contribution < -0.4 is 5.73 Å². The zero-order valence-electron chi connectivity index (χ0n) is 8.41. The van der Waals surface area contributed by atoms with Gasteiger partial charge in [0, 0.05) is 12.3 Å². The standard InChI is InChI=1S/C10H17N3O/c11-7-3-6-9-12-10(13-14-9)8-4-1-2-5-8/h8H,1-7,11H2. The molecule has 0 aliphatic heterocycles. The van der Waals surface area contributed by atoms with Gasteiger partial charge in [0.25, 0.3) is 0 Å². The summed E-state index contributed by atoms with van der Waals surface area (Å²) < 4.78 is 5.16. The molecule has 0 saturated heterocycles. The maximum atomic E-state index is 5.42. The third kappa shape index (κ3) is 2.12. The van der Waals surface area contributed by atoms with Crippen molar-refractivity contribution in [1.29, 1.82) is 0 Å². The molecule has 1 aliphatic rings. The van der Waals surface area contributed by atoms with Crippen LogP contribution in [0.5, 0.6) is 0 Å². The summed E-state index contributed by atoms with van der Waals surface area (Å²) in [5.74, 6) is 2.21. The Morgan fingerprint density at radius 2 is 2.14 bits per heavy atom. The molecule has 0 atom stereocenters. The first-order valence-electron chi connectivity index (χ1n) is 5.42. The van der Waals surface area contributed by atoms with Crippen LogP contribution in [0, 0.1) is 0 Å². The van der Waals surface area contributed by atoms with Crippen LogP contribution in [0.15, 0.2) is 4.52 Å². The van der Waals surface area contributed by atoms with Gasteiger partial charge in [-0.1, -0.05) is 18.0 Å². The molecule has 1 aliphatic carbocycles. The normalized spacial score (nSPS) is 17.8. The van der Waals surface area contributed by atoms with Crippen LogP contribution >= 0.6 is 0 Å². The molecule has 1 saturated carbocycles. The predicted octanol–water partition coefficient (Wildman–Crippen LogP) is 1.62. The van der Waals surface area contributed by atoms with Crippen molar-refractivity contribution in [3.63, 3.8) is 0 Å². The van der Waals surface area contributed by atoms with Crippen molar-refractivity contribution < 1.29 is 4.52 Å². The van der Waals surface area contributed by atoms with Gasteiger partial charge < -0.3 is 10.3 Å². The average Bonchev–Trinajstić information content (AvgIpc) is 2.85. The van der Waals surface area contributed by atoms with Crippen molar-refractivity contribution in [2.24, 2.45) is 5.73 Å². The number of aryl methyl sites for hydroxylation is 1. The van der Waals surface area contributed by atoms with Gasteiger partial charge in [-0.3, -0.25) is 0 Å². The molecule has 1 aromatic rings. The summed E-state index contributed by atoms with van der Waals surface area (Å²) in [6.07, 6.45) is 6.78. The smallest absolute Gasteiger partial charge is 0.226 e. The fourth-order valence-electron chi connectivity index (χ4n) is 1.97. The molecule has 0 bridgehead atoms. The fraction of sp³-hybridized carbons (Fsp3) is 0.800. The Morgan fingerprint density at radius 3 is 2.86 bits per heavy atom. The highest BCUT2D eigenvalue weighted by Gasteiger charge is 2.21. The van der Waals surface area contributed by atoms with Crippen molar-refractivity contribution >= 4 is 0 Å². The molecule has 0 unspecified atom stereocenters. The number of nitrogens with two attached hydrogens (primary N) is 1. The summed E-state index contributed by atoms with van der Waals surface area (Å²) >= 11 is 0. The van der Waals surface area contributed by atoms with E-state index in [1.807, 2.05) is 0 Å². The van der Waals surface area contributed by atoms with Crippen molar-refractivity contribution in [3.05, 3.63) is 11.7 Å². The summed E-state index contributed by atoms with van der Waals surface area (Å²) in [4.78, 5) is 4.40. The molecule has 0 radical (unpaired) electrons. The van der Waals surface area contributed by atoms with Crippen molar-refractivity contribution in [2.45, 2.75) is 44.4 Å². The van der Waals surface area contributed by atoms with Crippen LogP contribution in [-0.4, -0.2) is 16.7 Å². The highest BCUT2D eigenvalue weighted by Crippen LogP contribution is 2.32. The van der Waals surface area contributed by atoms with E-state index in [1.165, 1.54) is 25.7 Å². The van der Waals surface area contributed by atoms with E-state index in [-0.39, 0.29) is 0 Å². The van der Waals surface area contributed by atoms with E-state index in [2.05, 4.69) is 10.1 Å². The van der Waals surface area contributed by atoms with E-state index in [9.17, 15) is 0 Å². The number of hydrogen-bond donors (Lipinski definition) is 1. The van der Waals surface area contributed by atoms with Gasteiger partial charge in [-0.15, -0.1) is 0 Å². The van der Waals surface area contributed by atoms with E-state index >= 15 is 0 Å². The lowest BCUT2D eigenvalue weighted by atomic mass is 10.1. The van der Waals surface area contributed by atoms with Gasteiger partial charge in [0.15, 0.2) is 5.82 Å². The number of rotatable bonds is 4. The second-order valence-corrected chi connectivity index (χ2v) is 3.92. The zero-order chi connectivity index (χ0) is 9.80.